The maximum Gasteiger partial charge on any atom is 0.472 e. The van der Waals surface area contributed by atoms with Crippen molar-refractivity contribution in [3.63, 3.8) is 0 Å². The van der Waals surface area contributed by atoms with Crippen molar-refractivity contribution in [1.82, 2.24) is 0 Å². The Kier molecular flexibility index (Phi) is 65.0. The van der Waals surface area contributed by atoms with Gasteiger partial charge in [-0.25, -0.2) is 4.57 Å². The summed E-state index contributed by atoms with van der Waals surface area (Å²) in [7, 11) is -4.39. The number of unbranched alkanes of at least 4 members (excludes halogenated alkanes) is 43. The number of ether oxygens (including phenoxy) is 2. The first-order valence-corrected chi connectivity index (χ1v) is 36.3. The van der Waals surface area contributed by atoms with E-state index in [2.05, 4.69) is 74.6 Å². The van der Waals surface area contributed by atoms with Gasteiger partial charge in [0.15, 0.2) is 6.10 Å². The Labute approximate surface area is 501 Å². The molecule has 0 aliphatic carbocycles. The quantitative estimate of drug-likeness (QED) is 0.0264. The van der Waals surface area contributed by atoms with E-state index in [1.54, 1.807) is 0 Å². The molecule has 0 heterocycles. The number of phosphoric acid groups is 1. The highest BCUT2D eigenvalue weighted by atomic mass is 31.2. The van der Waals surface area contributed by atoms with Crippen LogP contribution in [0.15, 0.2) is 60.8 Å². The average Bonchev–Trinajstić information content (AvgIpc) is 3.46. The molecular formula is C71H132NO8P. The van der Waals surface area contributed by atoms with Gasteiger partial charge in [0.25, 0.3) is 0 Å². The van der Waals surface area contributed by atoms with Crippen LogP contribution in [-0.2, 0) is 32.7 Å². The van der Waals surface area contributed by atoms with Gasteiger partial charge >= 0.3 is 19.8 Å². The molecule has 10 heteroatoms. The van der Waals surface area contributed by atoms with Crippen LogP contribution in [0, 0.1) is 0 Å². The number of esters is 2. The zero-order chi connectivity index (χ0) is 58.7. The highest BCUT2D eigenvalue weighted by Crippen LogP contribution is 2.43. The minimum Gasteiger partial charge on any atom is -0.462 e. The number of nitrogens with two attached hydrogens (primary N) is 1. The van der Waals surface area contributed by atoms with Gasteiger partial charge in [-0.1, -0.05) is 338 Å². The largest absolute Gasteiger partial charge is 0.472 e. The van der Waals surface area contributed by atoms with E-state index >= 15 is 0 Å². The summed E-state index contributed by atoms with van der Waals surface area (Å²) in [5.74, 6) is -0.806. The van der Waals surface area contributed by atoms with Crippen LogP contribution in [0.4, 0.5) is 0 Å². The highest BCUT2D eigenvalue weighted by molar-refractivity contribution is 7.47. The molecular weight excluding hydrogens is 1030 g/mol. The number of rotatable bonds is 66. The Morgan fingerprint density at radius 1 is 0.383 bits per heavy atom. The predicted octanol–water partition coefficient (Wildman–Crippen LogP) is 22.6. The SMILES string of the molecule is CC/C=C\C/C=C\C/C=C\C/C=C\C/C=C\CCCCCCCCCCCCCCCCCCCCCCCCCCCC(=O)OC(COC(=O)CCCCCCCCCCCCCCCCCCCCC)COP(=O)(O)OCCN. The summed E-state index contributed by atoms with van der Waals surface area (Å²) < 4.78 is 33.1. The molecule has 0 aliphatic heterocycles. The van der Waals surface area contributed by atoms with Crippen LogP contribution in [-0.4, -0.2) is 49.3 Å². The van der Waals surface area contributed by atoms with E-state index < -0.39 is 26.5 Å². The van der Waals surface area contributed by atoms with Crippen LogP contribution in [0.2, 0.25) is 0 Å². The third kappa shape index (κ3) is 66.7. The number of phosphoric ester groups is 1. The van der Waals surface area contributed by atoms with Crippen LogP contribution in [0.25, 0.3) is 0 Å². The summed E-state index contributed by atoms with van der Waals surface area (Å²) in [6.45, 7) is 3.69. The Morgan fingerprint density at radius 2 is 0.679 bits per heavy atom. The fourth-order valence-electron chi connectivity index (χ4n) is 10.3. The van der Waals surface area contributed by atoms with E-state index in [4.69, 9.17) is 24.3 Å². The third-order valence-corrected chi connectivity index (χ3v) is 16.4. The molecule has 0 bridgehead atoms. The number of carbonyl (C=O) groups is 2. The molecule has 9 nitrogen and oxygen atoms in total. The summed E-state index contributed by atoms with van der Waals surface area (Å²) in [6.07, 6.45) is 86.1. The minimum atomic E-state index is -4.39. The molecule has 0 aliphatic rings. The van der Waals surface area contributed by atoms with Gasteiger partial charge in [0.05, 0.1) is 13.2 Å². The Hall–Kier alpha value is -2.29. The predicted molar refractivity (Wildman–Crippen MR) is 349 cm³/mol. The lowest BCUT2D eigenvalue weighted by molar-refractivity contribution is -0.161. The smallest absolute Gasteiger partial charge is 0.462 e. The average molecular weight is 1160 g/mol. The molecule has 2 unspecified atom stereocenters. The van der Waals surface area contributed by atoms with Gasteiger partial charge in [0.2, 0.25) is 0 Å². The molecule has 0 aromatic rings. The monoisotopic (exact) mass is 1160 g/mol. The molecule has 0 saturated carbocycles. The lowest BCUT2D eigenvalue weighted by Gasteiger charge is -2.19. The van der Waals surface area contributed by atoms with Crippen LogP contribution in [0.3, 0.4) is 0 Å². The highest BCUT2D eigenvalue weighted by Gasteiger charge is 2.26. The molecule has 0 aromatic heterocycles. The Bertz CT molecular complexity index is 1510. The molecule has 0 rings (SSSR count). The third-order valence-electron chi connectivity index (χ3n) is 15.4. The van der Waals surface area contributed by atoms with E-state index in [9.17, 15) is 19.0 Å². The molecule has 474 valence electrons. The zero-order valence-electron chi connectivity index (χ0n) is 53.3. The number of hydrogen-bond donors (Lipinski definition) is 2. The normalized spacial score (nSPS) is 13.3. The van der Waals surface area contributed by atoms with Crippen molar-refractivity contribution >= 4 is 19.8 Å². The molecule has 3 N–H and O–H groups in total. The van der Waals surface area contributed by atoms with Crippen molar-refractivity contribution in [2.45, 2.75) is 354 Å². The van der Waals surface area contributed by atoms with Gasteiger partial charge < -0.3 is 20.1 Å². The van der Waals surface area contributed by atoms with Crippen LogP contribution < -0.4 is 5.73 Å². The molecule has 0 saturated heterocycles. The number of carbonyl (C=O) groups excluding carboxylic acids is 2. The summed E-state index contributed by atoms with van der Waals surface area (Å²) in [5, 5.41) is 0. The van der Waals surface area contributed by atoms with Gasteiger partial charge in [-0.3, -0.25) is 18.6 Å². The van der Waals surface area contributed by atoms with Crippen molar-refractivity contribution in [2.24, 2.45) is 5.73 Å². The second-order valence-electron chi connectivity index (χ2n) is 23.4. The maximum atomic E-state index is 12.7. The molecule has 2 atom stereocenters. The van der Waals surface area contributed by atoms with E-state index in [1.165, 1.54) is 250 Å². The Balaban J connectivity index is 3.75. The lowest BCUT2D eigenvalue weighted by atomic mass is 10.0. The Morgan fingerprint density at radius 3 is 1.01 bits per heavy atom. The van der Waals surface area contributed by atoms with Crippen molar-refractivity contribution in [1.29, 1.82) is 0 Å². The molecule has 0 amide bonds. The first kappa shape index (κ1) is 78.7. The summed E-state index contributed by atoms with van der Waals surface area (Å²) >= 11 is 0. The van der Waals surface area contributed by atoms with Crippen molar-refractivity contribution in [3.05, 3.63) is 60.8 Å². The summed E-state index contributed by atoms with van der Waals surface area (Å²) in [4.78, 5) is 35.3. The summed E-state index contributed by atoms with van der Waals surface area (Å²) in [5.41, 5.74) is 5.40. The van der Waals surface area contributed by atoms with Gasteiger partial charge in [-0.15, -0.1) is 0 Å². The van der Waals surface area contributed by atoms with Gasteiger partial charge in [-0.05, 0) is 57.8 Å². The first-order valence-electron chi connectivity index (χ1n) is 34.8. The van der Waals surface area contributed by atoms with Crippen molar-refractivity contribution in [3.8, 4) is 0 Å². The molecule has 0 fully saturated rings. The minimum absolute atomic E-state index is 0.0560. The van der Waals surface area contributed by atoms with Crippen LogP contribution in [0.5, 0.6) is 0 Å². The van der Waals surface area contributed by atoms with Crippen molar-refractivity contribution in [2.75, 3.05) is 26.4 Å². The standard InChI is InChI=1S/C71H132NO8P/c1-3-5-7-9-11-13-15-17-19-21-23-24-25-26-27-28-29-30-31-32-33-34-35-36-37-38-39-40-41-42-43-44-46-48-50-52-54-56-58-60-62-64-71(74)80-69(68-79-81(75,76)78-66-65-72)67-77-70(73)63-61-59-57-55-53-51-49-47-45-22-20-18-16-14-12-10-8-6-4-2/h5,7,11,13,17,19,23-24,26-27,69H,3-4,6,8-10,12,14-16,18,20-22,25,28-68,72H2,1-2H3,(H,75,76)/b7-5-,13-11-,19-17-,24-23-,27-26-. The summed E-state index contributed by atoms with van der Waals surface area (Å²) in [6, 6.07) is 0. The van der Waals surface area contributed by atoms with E-state index in [-0.39, 0.29) is 38.6 Å². The molecule has 81 heavy (non-hydrogen) atoms. The molecule has 0 radical (unpaired) electrons. The van der Waals surface area contributed by atoms with Gasteiger partial charge in [-0.2, -0.15) is 0 Å². The fraction of sp³-hybridized carbons (Fsp3) is 0.831. The van der Waals surface area contributed by atoms with Crippen molar-refractivity contribution < 1.29 is 37.6 Å². The van der Waals surface area contributed by atoms with E-state index in [1.807, 2.05) is 0 Å². The fourth-order valence-corrected chi connectivity index (χ4v) is 11.1. The van der Waals surface area contributed by atoms with Gasteiger partial charge in [0, 0.05) is 19.4 Å². The number of hydrogen-bond acceptors (Lipinski definition) is 8. The van der Waals surface area contributed by atoms with Crippen LogP contribution in [0.1, 0.15) is 348 Å². The number of allylic oxidation sites excluding steroid dienone is 10. The second kappa shape index (κ2) is 66.8. The molecule has 0 aromatic carbocycles. The topological polar surface area (TPSA) is 134 Å². The maximum absolute atomic E-state index is 12.7. The van der Waals surface area contributed by atoms with E-state index in [0.29, 0.717) is 6.42 Å². The second-order valence-corrected chi connectivity index (χ2v) is 24.8. The lowest BCUT2D eigenvalue weighted by Crippen LogP contribution is -2.29. The van der Waals surface area contributed by atoms with Gasteiger partial charge in [0.1, 0.15) is 6.61 Å². The van der Waals surface area contributed by atoms with Crippen LogP contribution >= 0.6 is 7.82 Å². The zero-order valence-corrected chi connectivity index (χ0v) is 54.2. The first-order chi connectivity index (χ1) is 39.8. The molecule has 0 spiro atoms. The van der Waals surface area contributed by atoms with E-state index in [0.717, 1.165) is 64.2 Å².